The van der Waals surface area contributed by atoms with Crippen molar-refractivity contribution in [3.63, 3.8) is 0 Å². The van der Waals surface area contributed by atoms with Crippen LogP contribution in [0.2, 0.25) is 0 Å². The van der Waals surface area contributed by atoms with E-state index in [1.54, 1.807) is 13.8 Å². The highest BCUT2D eigenvalue weighted by atomic mass is 16.8. The summed E-state index contributed by atoms with van der Waals surface area (Å²) in [7, 11) is 0. The van der Waals surface area contributed by atoms with Crippen LogP contribution in [0.5, 0.6) is 0 Å². The average Bonchev–Trinajstić information content (AvgIpc) is 2.81. The fourth-order valence-corrected chi connectivity index (χ4v) is 2.59. The molecule has 2 heterocycles. The molecule has 5 nitrogen and oxygen atoms in total. The fraction of sp³-hybridized carbons (Fsp3) is 0.714. The summed E-state index contributed by atoms with van der Waals surface area (Å²) < 4.78 is 22.8. The molecule has 0 saturated carbocycles. The van der Waals surface area contributed by atoms with Gasteiger partial charge in [0.25, 0.3) is 0 Å². The van der Waals surface area contributed by atoms with Gasteiger partial charge in [-0.15, -0.1) is 13.0 Å². The van der Waals surface area contributed by atoms with Gasteiger partial charge in [-0.1, -0.05) is 12.0 Å². The second-order valence-corrected chi connectivity index (χ2v) is 5.08. The van der Waals surface area contributed by atoms with Gasteiger partial charge in [-0.25, -0.2) is 0 Å². The molecule has 19 heavy (non-hydrogen) atoms. The standard InChI is InChI=1S/C14H20O5/c1-6-9(15)10-14(7-2,16-8-3)11-12(17-10)19-13(4,5)18-11/h2,6,9-12,15H,1,8H2,3-5H3/t9-,10-,11+,12-,14-/m1/s1. The van der Waals surface area contributed by atoms with Crippen LogP contribution in [0.25, 0.3) is 0 Å². The van der Waals surface area contributed by atoms with Crippen LogP contribution in [-0.2, 0) is 18.9 Å². The molecule has 2 fully saturated rings. The SMILES string of the molecule is C#C[C@@]1(OCC)[C@@H]([C@H](O)C=C)O[C@@H]2OC(C)(C)O[C@@H]21. The topological polar surface area (TPSA) is 57.2 Å². The van der Waals surface area contributed by atoms with E-state index in [1.807, 2.05) is 6.92 Å². The zero-order chi connectivity index (χ0) is 14.3. The Morgan fingerprint density at radius 1 is 1.53 bits per heavy atom. The first-order valence-corrected chi connectivity index (χ1v) is 6.33. The number of hydrogen-bond donors (Lipinski definition) is 1. The molecule has 0 unspecified atom stereocenters. The number of terminal acetylenes is 1. The largest absolute Gasteiger partial charge is 0.386 e. The van der Waals surface area contributed by atoms with E-state index in [4.69, 9.17) is 25.4 Å². The lowest BCUT2D eigenvalue weighted by atomic mass is 9.89. The molecule has 0 aromatic rings. The number of ether oxygens (including phenoxy) is 4. The van der Waals surface area contributed by atoms with Gasteiger partial charge in [0.1, 0.15) is 12.2 Å². The molecule has 0 aromatic carbocycles. The molecule has 2 rings (SSSR count). The lowest BCUT2D eigenvalue weighted by molar-refractivity contribution is -0.236. The molecule has 0 bridgehead atoms. The Hall–Kier alpha value is -0.900. The molecule has 0 amide bonds. The molecular weight excluding hydrogens is 248 g/mol. The summed E-state index contributed by atoms with van der Waals surface area (Å²) in [6, 6.07) is 0. The van der Waals surface area contributed by atoms with Crippen LogP contribution in [0, 0.1) is 12.3 Å². The van der Waals surface area contributed by atoms with E-state index < -0.39 is 36.0 Å². The van der Waals surface area contributed by atoms with Crippen molar-refractivity contribution in [2.75, 3.05) is 6.61 Å². The average molecular weight is 268 g/mol. The van der Waals surface area contributed by atoms with Crippen LogP contribution in [0.3, 0.4) is 0 Å². The van der Waals surface area contributed by atoms with Gasteiger partial charge in [0.2, 0.25) is 0 Å². The Kier molecular flexibility index (Phi) is 3.74. The third-order valence-corrected chi connectivity index (χ3v) is 3.34. The predicted molar refractivity (Wildman–Crippen MR) is 68.1 cm³/mol. The normalized spacial score (nSPS) is 41.5. The highest BCUT2D eigenvalue weighted by Gasteiger charge is 2.65. The maximum atomic E-state index is 10.0. The summed E-state index contributed by atoms with van der Waals surface area (Å²) in [6.07, 6.45) is 4.06. The van der Waals surface area contributed by atoms with E-state index in [0.29, 0.717) is 6.61 Å². The van der Waals surface area contributed by atoms with Crippen molar-refractivity contribution in [2.24, 2.45) is 0 Å². The first-order chi connectivity index (χ1) is 8.90. The van der Waals surface area contributed by atoms with Crippen molar-refractivity contribution in [3.05, 3.63) is 12.7 Å². The molecule has 2 aliphatic rings. The van der Waals surface area contributed by atoms with Crippen LogP contribution < -0.4 is 0 Å². The van der Waals surface area contributed by atoms with Crippen LogP contribution in [0.4, 0.5) is 0 Å². The van der Waals surface area contributed by atoms with Crippen molar-refractivity contribution >= 4 is 0 Å². The van der Waals surface area contributed by atoms with Crippen LogP contribution in [-0.4, -0.2) is 47.7 Å². The molecule has 0 spiro atoms. The Labute approximate surface area is 113 Å². The van der Waals surface area contributed by atoms with Gasteiger partial charge in [0, 0.05) is 6.61 Å². The Morgan fingerprint density at radius 3 is 2.74 bits per heavy atom. The fourth-order valence-electron chi connectivity index (χ4n) is 2.59. The van der Waals surface area contributed by atoms with E-state index in [-0.39, 0.29) is 0 Å². The Bertz CT molecular complexity index is 399. The van der Waals surface area contributed by atoms with Crippen molar-refractivity contribution in [3.8, 4) is 12.3 Å². The van der Waals surface area contributed by atoms with Gasteiger partial charge in [0.15, 0.2) is 23.8 Å². The van der Waals surface area contributed by atoms with Gasteiger partial charge < -0.3 is 24.1 Å². The first kappa shape index (κ1) is 14.5. The van der Waals surface area contributed by atoms with E-state index in [1.165, 1.54) is 6.08 Å². The highest BCUT2D eigenvalue weighted by Crippen LogP contribution is 2.45. The van der Waals surface area contributed by atoms with Gasteiger partial charge >= 0.3 is 0 Å². The maximum Gasteiger partial charge on any atom is 0.191 e. The minimum atomic E-state index is -1.18. The molecule has 5 heteroatoms. The zero-order valence-corrected chi connectivity index (χ0v) is 11.5. The van der Waals surface area contributed by atoms with Crippen LogP contribution in [0.15, 0.2) is 12.7 Å². The van der Waals surface area contributed by atoms with Gasteiger partial charge in [-0.3, -0.25) is 0 Å². The van der Waals surface area contributed by atoms with E-state index >= 15 is 0 Å². The third-order valence-electron chi connectivity index (χ3n) is 3.34. The molecule has 0 radical (unpaired) electrons. The van der Waals surface area contributed by atoms with Crippen molar-refractivity contribution < 1.29 is 24.1 Å². The number of aliphatic hydroxyl groups excluding tert-OH is 1. The van der Waals surface area contributed by atoms with Gasteiger partial charge in [0.05, 0.1) is 0 Å². The molecule has 106 valence electrons. The number of aliphatic hydroxyl groups is 1. The monoisotopic (exact) mass is 268 g/mol. The highest BCUT2D eigenvalue weighted by molar-refractivity contribution is 5.24. The summed E-state index contributed by atoms with van der Waals surface area (Å²) in [6.45, 7) is 9.31. The summed E-state index contributed by atoms with van der Waals surface area (Å²) in [4.78, 5) is 0. The molecule has 1 N–H and O–H groups in total. The molecule has 0 aromatic heterocycles. The summed E-state index contributed by atoms with van der Waals surface area (Å²) in [5.74, 6) is 1.80. The minimum absolute atomic E-state index is 0.376. The van der Waals surface area contributed by atoms with Gasteiger partial charge in [-0.2, -0.15) is 0 Å². The van der Waals surface area contributed by atoms with Gasteiger partial charge in [-0.05, 0) is 20.8 Å². The second kappa shape index (κ2) is 4.89. The molecular formula is C14H20O5. The maximum absolute atomic E-state index is 10.0. The number of hydrogen-bond acceptors (Lipinski definition) is 5. The zero-order valence-electron chi connectivity index (χ0n) is 11.5. The summed E-state index contributed by atoms with van der Waals surface area (Å²) >= 11 is 0. The molecule has 5 atom stereocenters. The van der Waals surface area contributed by atoms with E-state index in [2.05, 4.69) is 12.5 Å². The van der Waals surface area contributed by atoms with Crippen LogP contribution in [0.1, 0.15) is 20.8 Å². The second-order valence-electron chi connectivity index (χ2n) is 5.08. The quantitative estimate of drug-likeness (QED) is 0.604. The van der Waals surface area contributed by atoms with Crippen molar-refractivity contribution in [2.45, 2.75) is 56.8 Å². The van der Waals surface area contributed by atoms with E-state index in [9.17, 15) is 5.11 Å². The smallest absolute Gasteiger partial charge is 0.191 e. The minimum Gasteiger partial charge on any atom is -0.386 e. The lowest BCUT2D eigenvalue weighted by Gasteiger charge is -2.34. The number of rotatable bonds is 4. The van der Waals surface area contributed by atoms with E-state index in [0.717, 1.165) is 0 Å². The molecule has 2 saturated heterocycles. The van der Waals surface area contributed by atoms with Crippen molar-refractivity contribution in [1.29, 1.82) is 0 Å². The third kappa shape index (κ3) is 2.20. The number of fused-ring (bicyclic) bond motifs is 1. The molecule has 2 aliphatic heterocycles. The first-order valence-electron chi connectivity index (χ1n) is 6.33. The summed E-state index contributed by atoms with van der Waals surface area (Å²) in [5.41, 5.74) is -1.18. The molecule has 0 aliphatic carbocycles. The lowest BCUT2D eigenvalue weighted by Crippen LogP contribution is -2.53. The van der Waals surface area contributed by atoms with Crippen molar-refractivity contribution in [1.82, 2.24) is 0 Å². The Balaban J connectivity index is 2.36. The van der Waals surface area contributed by atoms with Crippen LogP contribution >= 0.6 is 0 Å². The summed E-state index contributed by atoms with van der Waals surface area (Å²) in [5, 5.41) is 10.0. The Morgan fingerprint density at radius 2 is 2.21 bits per heavy atom. The predicted octanol–water partition coefficient (Wildman–Crippen LogP) is 0.818.